The molecule has 13 rings (SSSR count). The maximum absolute atomic E-state index is 12.3. The number of amides is 4. The van der Waals surface area contributed by atoms with Gasteiger partial charge in [0.05, 0.1) is 16.9 Å². The lowest BCUT2D eigenvalue weighted by atomic mass is 9.78. The van der Waals surface area contributed by atoms with Gasteiger partial charge >= 0.3 is 14.2 Å². The number of rotatable bonds is 17. The van der Waals surface area contributed by atoms with Gasteiger partial charge in [-0.25, -0.2) is 19.9 Å². The minimum absolute atomic E-state index is 0. The van der Waals surface area contributed by atoms with Crippen molar-refractivity contribution in [1.29, 1.82) is 0 Å². The maximum atomic E-state index is 12.3. The van der Waals surface area contributed by atoms with E-state index in [0.29, 0.717) is 19.4 Å². The van der Waals surface area contributed by atoms with E-state index in [1.165, 1.54) is 59.1 Å². The predicted molar refractivity (Wildman–Crippen MR) is 639 cm³/mol. The van der Waals surface area contributed by atoms with Crippen LogP contribution in [0.2, 0.25) is 6.32 Å². The number of halogens is 3. The Kier molecular flexibility index (Phi) is 94.1. The summed E-state index contributed by atoms with van der Waals surface area (Å²) in [5, 5.41) is 27.2. The Morgan fingerprint density at radius 1 is 0.350 bits per heavy atom. The first kappa shape index (κ1) is 148. The lowest BCUT2D eigenvalue weighted by Crippen LogP contribution is -2.41. The van der Waals surface area contributed by atoms with Gasteiger partial charge in [-0.2, -0.15) is 0 Å². The molecule has 796 valence electrons. The maximum Gasteiger partial charge on any atom is 0.496 e. The van der Waals surface area contributed by atoms with Crippen LogP contribution in [0.1, 0.15) is 407 Å². The van der Waals surface area contributed by atoms with Crippen LogP contribution < -0.4 is 46.3 Å². The summed E-state index contributed by atoms with van der Waals surface area (Å²) in [7, 11) is 5.18. The van der Waals surface area contributed by atoms with Crippen molar-refractivity contribution < 1.29 is 38.5 Å². The highest BCUT2D eigenvalue weighted by atomic mass is 127. The van der Waals surface area contributed by atoms with E-state index in [1.54, 1.807) is 28.2 Å². The van der Waals surface area contributed by atoms with Gasteiger partial charge in [0.25, 0.3) is 23.6 Å². The number of aryl methyl sites for hydroxylation is 6. The molecule has 0 unspecified atom stereocenters. The summed E-state index contributed by atoms with van der Waals surface area (Å²) >= 11 is 3.49. The van der Waals surface area contributed by atoms with Crippen LogP contribution in [0, 0.1) is 27.7 Å². The number of hydrogen-bond donors (Lipinski definition) is 6. The van der Waals surface area contributed by atoms with E-state index < -0.39 is 14.2 Å². The number of unbranched alkanes of at least 4 members (excludes halogenated alkanes) is 2. The van der Waals surface area contributed by atoms with Crippen LogP contribution in [0.25, 0.3) is 0 Å². The molecule has 0 spiro atoms. The van der Waals surface area contributed by atoms with Gasteiger partial charge < -0.3 is 60.2 Å². The number of nitrogens with zero attached hydrogens (tertiary/aromatic N) is 8. The second kappa shape index (κ2) is 89.1. The van der Waals surface area contributed by atoms with Crippen molar-refractivity contribution in [3.63, 3.8) is 0 Å². The van der Waals surface area contributed by atoms with Crippen LogP contribution in [0.5, 0.6) is 0 Å². The Morgan fingerprint density at radius 3 is 0.786 bits per heavy atom. The fourth-order valence-corrected chi connectivity index (χ4v) is 14.2. The van der Waals surface area contributed by atoms with E-state index in [4.69, 9.17) is 34.3 Å². The molecule has 25 heteroatoms. The molecule has 1 fully saturated rings. The molecule has 5 aliphatic heterocycles. The van der Waals surface area contributed by atoms with E-state index in [-0.39, 0.29) is 82.8 Å². The molecule has 8 aromatic rings. The topological polar surface area (TPSA) is 240 Å². The van der Waals surface area contributed by atoms with Crippen molar-refractivity contribution >= 4 is 130 Å². The lowest BCUT2D eigenvalue weighted by molar-refractivity contribution is 0.00578. The molecule has 0 atom stereocenters. The average Bonchev–Trinajstić information content (AvgIpc) is 1.63. The molecule has 5 aliphatic rings. The summed E-state index contributed by atoms with van der Waals surface area (Å²) < 4.78 is 13.4. The Morgan fingerprint density at radius 2 is 0.586 bits per heavy atom. The molecule has 4 amide bonds. The summed E-state index contributed by atoms with van der Waals surface area (Å²) in [6.07, 6.45) is 14.7. The fourth-order valence-electron chi connectivity index (χ4n) is 14.0. The molecular weight excluding hydrogens is 2030 g/mol. The predicted octanol–water partition coefficient (Wildman–Crippen LogP) is 29.2. The molecule has 0 saturated carbocycles. The smallest absolute Gasteiger partial charge is 0.427 e. The van der Waals surface area contributed by atoms with E-state index in [9.17, 15) is 19.2 Å². The van der Waals surface area contributed by atoms with E-state index in [2.05, 4.69) is 199 Å². The van der Waals surface area contributed by atoms with Crippen LogP contribution in [0.3, 0.4) is 0 Å². The number of pyridine rings is 4. The van der Waals surface area contributed by atoms with E-state index in [1.807, 2.05) is 254 Å². The van der Waals surface area contributed by atoms with Crippen LogP contribution >= 0.6 is 63.9 Å². The molecule has 4 aromatic heterocycles. The first-order chi connectivity index (χ1) is 66.6. The number of carbonyl (C=O) groups excluding carboxylic acids is 4. The van der Waals surface area contributed by atoms with Crippen molar-refractivity contribution in [3.05, 3.63) is 226 Å². The summed E-state index contributed by atoms with van der Waals surface area (Å²) in [5.41, 5.74) is 19.5. The van der Waals surface area contributed by atoms with Crippen molar-refractivity contribution in [3.8, 4) is 0 Å². The zero-order valence-electron chi connectivity index (χ0n) is 96.4. The van der Waals surface area contributed by atoms with Crippen molar-refractivity contribution in [2.75, 3.05) is 74.0 Å². The SMILES string of the molecule is CC.CC.CC.CC.CC.CC.CC.CC.CC.CC.CC.CC.CCCB(O)O.CCCC.CCCC.CCCc1ccc(N2CCc3cccc(C(=O)NC)c3C2)nc1C.CCCc1ccc(N2CCc3cccc(C(=O)NC)c3C2)nc1C.CNC(=O)c1cccc2c1CN(c1ccc(B3OC(C)(C)C(C)(C)O3)c(C)n1)CC2.CNC(=O)c1cccc2c1CN(c1ccc(Br)c(C)n1)CC2.I.I. The van der Waals surface area contributed by atoms with Crippen molar-refractivity contribution in [2.24, 2.45) is 0 Å². The van der Waals surface area contributed by atoms with Crippen LogP contribution in [0.15, 0.2) is 126 Å². The molecule has 0 aliphatic carbocycles. The molecule has 0 bridgehead atoms. The van der Waals surface area contributed by atoms with Crippen LogP contribution in [-0.2, 0) is 74.0 Å². The van der Waals surface area contributed by atoms with Gasteiger partial charge in [0.15, 0.2) is 0 Å². The van der Waals surface area contributed by atoms with Crippen LogP contribution in [0.4, 0.5) is 23.3 Å². The van der Waals surface area contributed by atoms with Gasteiger partial charge in [-0.05, 0) is 226 Å². The van der Waals surface area contributed by atoms with Gasteiger partial charge in [0.1, 0.15) is 23.3 Å². The third-order valence-electron chi connectivity index (χ3n) is 21.8. The highest BCUT2D eigenvalue weighted by Crippen LogP contribution is 2.38. The summed E-state index contributed by atoms with van der Waals surface area (Å²) in [4.78, 5) is 76.8. The normalized spacial score (nSPS) is 12.3. The minimum Gasteiger partial charge on any atom is -0.427 e. The summed E-state index contributed by atoms with van der Waals surface area (Å²) in [6.45, 7) is 85.9. The highest BCUT2D eigenvalue weighted by molar-refractivity contribution is 14.0. The molecule has 20 nitrogen and oxygen atoms in total. The first-order valence-electron chi connectivity index (χ1n) is 53.2. The largest absolute Gasteiger partial charge is 0.496 e. The Labute approximate surface area is 900 Å². The monoisotopic (exact) mass is 2230 g/mol. The molecule has 1 saturated heterocycles. The third kappa shape index (κ3) is 49.4. The third-order valence-corrected chi connectivity index (χ3v) is 22.7. The highest BCUT2D eigenvalue weighted by Gasteiger charge is 2.52. The van der Waals surface area contributed by atoms with E-state index >= 15 is 0 Å². The van der Waals surface area contributed by atoms with Gasteiger partial charge in [-0.1, -0.05) is 326 Å². The van der Waals surface area contributed by atoms with E-state index in [0.717, 1.165) is 198 Å². The van der Waals surface area contributed by atoms with Gasteiger partial charge in [0.2, 0.25) is 0 Å². The molecular formula is C115H201B2BrI2N12O8. The van der Waals surface area contributed by atoms with Gasteiger partial charge in [0, 0.05) is 130 Å². The minimum atomic E-state index is -1.10. The summed E-state index contributed by atoms with van der Waals surface area (Å²) in [5.74, 6) is 3.76. The molecule has 0 radical (unpaired) electrons. The zero-order valence-corrected chi connectivity index (χ0v) is 103. The number of aromatic nitrogens is 4. The van der Waals surface area contributed by atoms with Gasteiger partial charge in [-0.15, -0.1) is 48.0 Å². The average molecular weight is 2240 g/mol. The van der Waals surface area contributed by atoms with Crippen LogP contribution in [-0.4, -0.2) is 133 Å². The molecule has 4 aromatic carbocycles. The zero-order chi connectivity index (χ0) is 107. The first-order valence-corrected chi connectivity index (χ1v) is 54.0. The second-order valence-corrected chi connectivity index (χ2v) is 31.4. The van der Waals surface area contributed by atoms with Crippen molar-refractivity contribution in [2.45, 2.75) is 397 Å². The molecule has 6 N–H and O–H groups in total. The molecule has 140 heavy (non-hydrogen) atoms. The Balaban J connectivity index is -0.000000246. The number of nitrogens with one attached hydrogen (secondary N) is 4. The van der Waals surface area contributed by atoms with Crippen molar-refractivity contribution in [1.82, 2.24) is 41.2 Å². The Hall–Kier alpha value is -7.53. The number of carbonyl (C=O) groups is 4. The number of hydrogen-bond acceptors (Lipinski definition) is 16. The standard InChI is InChI=1S/C23H30BN3O3.2C20H25N3O.C17H18BrN3O.2C4H10.C3H9BO2.12C2H6.2HI/c1-15-19(24-29-22(2,3)23(4,5)30-24)10-11-20(26-15)27-13-12-16-8-7-9-17(18(16)14-27)21(28)25-6;2*1-4-6-15-9-10-19(22-14(15)2)23-12-11-16-7-5-8-17(18(16)13-23)20(24)21-3;1-11-15(18)6-7-16(20-11)21-9-8-12-4-3-5-13(14(12)10-21)17(22)19-2;2*1-3-4-2;1-2-3-4(5)6;12*1-2;;/h7-11H,12-14H2,1-6H3,(H,25,28);2*5,7-10H,4,6,11-13H2,1-3H3,(H,21,24);3-7H,8-10H2,1-2H3,(H,19,22);2*3-4H2,1-2H3;5-6H,2-3H2,1H3;12*1-2H3;2*1H. The summed E-state index contributed by atoms with van der Waals surface area (Å²) in [6, 6.07) is 40.7. The second-order valence-electron chi connectivity index (χ2n) is 30.5. The Bertz CT molecular complexity index is 4370. The quantitative estimate of drug-likeness (QED) is 0.0367. The lowest BCUT2D eigenvalue weighted by Gasteiger charge is -2.32. The molecule has 9 heterocycles. The van der Waals surface area contributed by atoms with Gasteiger partial charge in [-0.3, -0.25) is 19.2 Å². The number of benzene rings is 4. The fraction of sp³-hybridized carbons (Fsp3) is 0.583. The number of anilines is 4. The number of fused-ring (bicyclic) bond motifs is 4.